The Hall–Kier alpha value is -2.21. The second kappa shape index (κ2) is 6.50. The van der Waals surface area contributed by atoms with Crippen LogP contribution in [-0.2, 0) is 10.0 Å². The summed E-state index contributed by atoms with van der Waals surface area (Å²) < 4.78 is 38.4. The molecule has 1 N–H and O–H groups in total. The van der Waals surface area contributed by atoms with Crippen LogP contribution in [0.1, 0.15) is 16.7 Å². The quantitative estimate of drug-likeness (QED) is 0.909. The molecule has 0 saturated carbocycles. The van der Waals surface area contributed by atoms with Gasteiger partial charge in [-0.3, -0.25) is 4.72 Å². The predicted octanol–water partition coefficient (Wildman–Crippen LogP) is 3.43. The number of ether oxygens (including phenoxy) is 2. The van der Waals surface area contributed by atoms with Crippen molar-refractivity contribution in [2.24, 2.45) is 0 Å². The first-order valence-electron chi connectivity index (χ1n) is 7.10. The standard InChI is InChI=1S/C17H21NO4S/c1-11-6-12(2)8-14(7-11)18-23(19,20)17-10-16(22-5)15(21-4)9-13(17)3/h6-10,18H,1-5H3. The van der Waals surface area contributed by atoms with Crippen LogP contribution in [0.2, 0.25) is 0 Å². The highest BCUT2D eigenvalue weighted by Gasteiger charge is 2.20. The average Bonchev–Trinajstić information content (AvgIpc) is 2.44. The fraction of sp³-hybridized carbons (Fsp3) is 0.294. The van der Waals surface area contributed by atoms with Gasteiger partial charge in [0, 0.05) is 11.8 Å². The third-order valence-electron chi connectivity index (χ3n) is 3.44. The van der Waals surface area contributed by atoms with Gasteiger partial charge in [0.2, 0.25) is 0 Å². The molecule has 5 nitrogen and oxygen atoms in total. The molecule has 0 amide bonds. The van der Waals surface area contributed by atoms with Crippen LogP contribution in [-0.4, -0.2) is 22.6 Å². The lowest BCUT2D eigenvalue weighted by molar-refractivity contribution is 0.353. The van der Waals surface area contributed by atoms with Crippen LogP contribution < -0.4 is 14.2 Å². The number of rotatable bonds is 5. The van der Waals surface area contributed by atoms with Gasteiger partial charge in [-0.05, 0) is 55.7 Å². The molecule has 0 bridgehead atoms. The number of hydrogen-bond acceptors (Lipinski definition) is 4. The van der Waals surface area contributed by atoms with E-state index in [2.05, 4.69) is 4.72 Å². The highest BCUT2D eigenvalue weighted by atomic mass is 32.2. The van der Waals surface area contributed by atoms with E-state index in [1.807, 2.05) is 19.9 Å². The zero-order valence-electron chi connectivity index (χ0n) is 13.9. The zero-order valence-corrected chi connectivity index (χ0v) is 14.7. The van der Waals surface area contributed by atoms with Crippen molar-refractivity contribution >= 4 is 15.7 Å². The minimum atomic E-state index is -3.72. The van der Waals surface area contributed by atoms with Crippen molar-refractivity contribution in [3.05, 3.63) is 47.0 Å². The summed E-state index contributed by atoms with van der Waals surface area (Å²) >= 11 is 0. The summed E-state index contributed by atoms with van der Waals surface area (Å²) in [5, 5.41) is 0. The smallest absolute Gasteiger partial charge is 0.262 e. The number of benzene rings is 2. The van der Waals surface area contributed by atoms with Crippen molar-refractivity contribution in [2.75, 3.05) is 18.9 Å². The zero-order chi connectivity index (χ0) is 17.2. The summed E-state index contributed by atoms with van der Waals surface area (Å²) in [6.45, 7) is 5.57. The van der Waals surface area contributed by atoms with Gasteiger partial charge in [0.25, 0.3) is 10.0 Å². The fourth-order valence-corrected chi connectivity index (χ4v) is 3.78. The lowest BCUT2D eigenvalue weighted by Crippen LogP contribution is -2.15. The maximum atomic E-state index is 12.7. The van der Waals surface area contributed by atoms with Crippen molar-refractivity contribution in [3.63, 3.8) is 0 Å². The molecule has 0 aromatic heterocycles. The van der Waals surface area contributed by atoms with E-state index >= 15 is 0 Å². The minimum Gasteiger partial charge on any atom is -0.493 e. The first kappa shape index (κ1) is 17.1. The maximum absolute atomic E-state index is 12.7. The highest BCUT2D eigenvalue weighted by Crippen LogP contribution is 2.33. The van der Waals surface area contributed by atoms with Crippen molar-refractivity contribution in [1.29, 1.82) is 0 Å². The molecule has 0 heterocycles. The molecule has 0 fully saturated rings. The normalized spacial score (nSPS) is 11.2. The first-order chi connectivity index (χ1) is 10.8. The molecule has 124 valence electrons. The molecular formula is C17H21NO4S. The van der Waals surface area contributed by atoms with Crippen LogP contribution in [0, 0.1) is 20.8 Å². The second-order valence-electron chi connectivity index (χ2n) is 5.45. The van der Waals surface area contributed by atoms with E-state index in [-0.39, 0.29) is 4.90 Å². The van der Waals surface area contributed by atoms with Crippen molar-refractivity contribution < 1.29 is 17.9 Å². The van der Waals surface area contributed by atoms with Crippen LogP contribution in [0.25, 0.3) is 0 Å². The van der Waals surface area contributed by atoms with E-state index in [1.165, 1.54) is 20.3 Å². The molecule has 0 aliphatic heterocycles. The Balaban J connectivity index is 2.47. The molecule has 2 aromatic carbocycles. The van der Waals surface area contributed by atoms with Crippen molar-refractivity contribution in [3.8, 4) is 11.5 Å². The fourth-order valence-electron chi connectivity index (χ4n) is 2.50. The Morgan fingerprint density at radius 3 is 1.87 bits per heavy atom. The summed E-state index contributed by atoms with van der Waals surface area (Å²) in [4.78, 5) is 0.161. The summed E-state index contributed by atoms with van der Waals surface area (Å²) in [7, 11) is -0.734. The van der Waals surface area contributed by atoms with E-state index in [0.29, 0.717) is 22.7 Å². The van der Waals surface area contributed by atoms with Gasteiger partial charge in [-0.2, -0.15) is 0 Å². The molecule has 2 rings (SSSR count). The number of anilines is 1. The molecule has 6 heteroatoms. The highest BCUT2D eigenvalue weighted by molar-refractivity contribution is 7.92. The first-order valence-corrected chi connectivity index (χ1v) is 8.59. The number of sulfonamides is 1. The SMILES string of the molecule is COc1cc(C)c(S(=O)(=O)Nc2cc(C)cc(C)c2)cc1OC. The van der Waals surface area contributed by atoms with Gasteiger partial charge < -0.3 is 9.47 Å². The second-order valence-corrected chi connectivity index (χ2v) is 7.11. The van der Waals surface area contributed by atoms with Gasteiger partial charge in [-0.25, -0.2) is 8.42 Å². The maximum Gasteiger partial charge on any atom is 0.262 e. The van der Waals surface area contributed by atoms with Gasteiger partial charge in [0.1, 0.15) is 0 Å². The lowest BCUT2D eigenvalue weighted by Gasteiger charge is -2.15. The average molecular weight is 335 g/mol. The summed E-state index contributed by atoms with van der Waals surface area (Å²) in [5.41, 5.74) is 3.11. The molecular weight excluding hydrogens is 314 g/mol. The number of nitrogens with one attached hydrogen (secondary N) is 1. The van der Waals surface area contributed by atoms with Gasteiger partial charge in [0.05, 0.1) is 19.1 Å². The Kier molecular flexibility index (Phi) is 4.85. The van der Waals surface area contributed by atoms with Crippen LogP contribution in [0.3, 0.4) is 0 Å². The molecule has 0 atom stereocenters. The summed E-state index contributed by atoms with van der Waals surface area (Å²) in [6.07, 6.45) is 0. The third-order valence-corrected chi connectivity index (χ3v) is 4.97. The van der Waals surface area contributed by atoms with Crippen molar-refractivity contribution in [1.82, 2.24) is 0 Å². The van der Waals surface area contributed by atoms with Gasteiger partial charge in [-0.15, -0.1) is 0 Å². The molecule has 0 unspecified atom stereocenters. The molecule has 0 aliphatic carbocycles. The Morgan fingerprint density at radius 2 is 1.35 bits per heavy atom. The number of hydrogen-bond donors (Lipinski definition) is 1. The molecule has 0 saturated heterocycles. The van der Waals surface area contributed by atoms with E-state index in [4.69, 9.17) is 9.47 Å². The van der Waals surface area contributed by atoms with Crippen LogP contribution in [0.4, 0.5) is 5.69 Å². The van der Waals surface area contributed by atoms with E-state index in [0.717, 1.165) is 11.1 Å². The minimum absolute atomic E-state index is 0.161. The molecule has 0 radical (unpaired) electrons. The number of aryl methyl sites for hydroxylation is 3. The van der Waals surface area contributed by atoms with Crippen LogP contribution in [0.5, 0.6) is 11.5 Å². The van der Waals surface area contributed by atoms with E-state index in [1.54, 1.807) is 25.1 Å². The van der Waals surface area contributed by atoms with E-state index < -0.39 is 10.0 Å². The monoisotopic (exact) mass is 335 g/mol. The van der Waals surface area contributed by atoms with Gasteiger partial charge >= 0.3 is 0 Å². The summed E-state index contributed by atoms with van der Waals surface area (Å²) in [5.74, 6) is 0.870. The topological polar surface area (TPSA) is 64.6 Å². The Bertz CT molecular complexity index is 808. The molecule has 2 aromatic rings. The molecule has 23 heavy (non-hydrogen) atoms. The molecule has 0 aliphatic rings. The van der Waals surface area contributed by atoms with Crippen molar-refractivity contribution in [2.45, 2.75) is 25.7 Å². The van der Waals surface area contributed by atoms with Crippen LogP contribution in [0.15, 0.2) is 35.2 Å². The molecule has 0 spiro atoms. The van der Waals surface area contributed by atoms with E-state index in [9.17, 15) is 8.42 Å². The summed E-state index contributed by atoms with van der Waals surface area (Å²) in [6, 6.07) is 8.69. The predicted molar refractivity (Wildman–Crippen MR) is 91.0 cm³/mol. The lowest BCUT2D eigenvalue weighted by atomic mass is 10.1. The van der Waals surface area contributed by atoms with Gasteiger partial charge in [-0.1, -0.05) is 6.07 Å². The Labute approximate surface area is 137 Å². The van der Waals surface area contributed by atoms with Gasteiger partial charge in [0.15, 0.2) is 11.5 Å². The number of methoxy groups -OCH3 is 2. The van der Waals surface area contributed by atoms with Crippen LogP contribution >= 0.6 is 0 Å². The third kappa shape index (κ3) is 3.76. The Morgan fingerprint density at radius 1 is 0.826 bits per heavy atom. The largest absolute Gasteiger partial charge is 0.493 e.